The number of guanidine groups is 1. The molecule has 1 aromatic carbocycles. The number of hydrogen-bond donors (Lipinski definition) is 2. The Balaban J connectivity index is 1.60. The third-order valence-electron chi connectivity index (χ3n) is 3.79. The fraction of sp³-hybridized carbons (Fsp3) is 0.474. The number of rotatable bonds is 10. The Bertz CT molecular complexity index is 624. The van der Waals surface area contributed by atoms with E-state index in [1.807, 2.05) is 36.0 Å². The molecule has 25 heavy (non-hydrogen) atoms. The summed E-state index contributed by atoms with van der Waals surface area (Å²) < 4.78 is 7.54. The summed E-state index contributed by atoms with van der Waals surface area (Å²) in [5.74, 6) is 0.842. The zero-order valence-corrected chi connectivity index (χ0v) is 15.2. The van der Waals surface area contributed by atoms with E-state index in [0.29, 0.717) is 13.2 Å². The van der Waals surface area contributed by atoms with E-state index < -0.39 is 0 Å². The second kappa shape index (κ2) is 11.3. The van der Waals surface area contributed by atoms with Crippen molar-refractivity contribution >= 4 is 5.96 Å². The Hall–Kier alpha value is -2.34. The lowest BCUT2D eigenvalue weighted by molar-refractivity contribution is 0.117. The normalized spacial score (nSPS) is 11.5. The standard InChI is InChI=1S/C19H29N5O/c1-3-20-19(22-15-18-11-13-23-24(18)2)21-12-7-8-14-25-16-17-9-5-4-6-10-17/h4-6,9-11,13H,3,7-8,12,14-16H2,1-2H3,(H2,20,21,22). The Morgan fingerprint density at radius 2 is 2.00 bits per heavy atom. The van der Waals surface area contributed by atoms with Crippen molar-refractivity contribution in [3.05, 3.63) is 53.9 Å². The van der Waals surface area contributed by atoms with Crippen molar-refractivity contribution in [1.29, 1.82) is 0 Å². The highest BCUT2D eigenvalue weighted by molar-refractivity contribution is 5.79. The predicted molar refractivity (Wildman–Crippen MR) is 101 cm³/mol. The Kier molecular flexibility index (Phi) is 8.55. The van der Waals surface area contributed by atoms with E-state index in [1.165, 1.54) is 5.56 Å². The molecule has 1 heterocycles. The molecular formula is C19H29N5O. The second-order valence-electron chi connectivity index (χ2n) is 5.81. The summed E-state index contributed by atoms with van der Waals surface area (Å²) in [4.78, 5) is 4.59. The van der Waals surface area contributed by atoms with Crippen molar-refractivity contribution < 1.29 is 4.74 Å². The van der Waals surface area contributed by atoms with E-state index in [9.17, 15) is 0 Å². The number of nitrogens with zero attached hydrogens (tertiary/aromatic N) is 3. The molecule has 0 atom stereocenters. The van der Waals surface area contributed by atoms with Crippen LogP contribution in [0, 0.1) is 0 Å². The van der Waals surface area contributed by atoms with Gasteiger partial charge in [0.25, 0.3) is 0 Å². The van der Waals surface area contributed by atoms with Crippen LogP contribution < -0.4 is 10.6 Å². The number of aliphatic imine (C=N–C) groups is 1. The maximum atomic E-state index is 5.70. The zero-order chi connectivity index (χ0) is 17.7. The molecule has 2 N–H and O–H groups in total. The molecule has 0 unspecified atom stereocenters. The molecule has 0 saturated carbocycles. The van der Waals surface area contributed by atoms with E-state index in [4.69, 9.17) is 4.74 Å². The van der Waals surface area contributed by atoms with E-state index in [-0.39, 0.29) is 0 Å². The summed E-state index contributed by atoms with van der Waals surface area (Å²) in [5, 5.41) is 10.8. The molecule has 0 saturated heterocycles. The van der Waals surface area contributed by atoms with Gasteiger partial charge in [0.2, 0.25) is 0 Å². The van der Waals surface area contributed by atoms with Gasteiger partial charge in [-0.25, -0.2) is 4.99 Å². The molecule has 136 valence electrons. The van der Waals surface area contributed by atoms with E-state index in [0.717, 1.165) is 44.2 Å². The van der Waals surface area contributed by atoms with Gasteiger partial charge in [-0.2, -0.15) is 5.10 Å². The molecule has 0 bridgehead atoms. The van der Waals surface area contributed by atoms with Crippen LogP contribution in [0.3, 0.4) is 0 Å². The minimum atomic E-state index is 0.617. The van der Waals surface area contributed by atoms with Crippen LogP contribution in [0.25, 0.3) is 0 Å². The second-order valence-corrected chi connectivity index (χ2v) is 5.81. The SMILES string of the molecule is CCNC(=NCc1ccnn1C)NCCCCOCc1ccccc1. The number of aromatic nitrogens is 2. The monoisotopic (exact) mass is 343 g/mol. The molecule has 0 aliphatic rings. The number of unbranched alkanes of at least 4 members (excludes halogenated alkanes) is 1. The van der Waals surface area contributed by atoms with Crippen LogP contribution in [0.15, 0.2) is 47.6 Å². The van der Waals surface area contributed by atoms with Crippen molar-refractivity contribution in [3.63, 3.8) is 0 Å². The van der Waals surface area contributed by atoms with Crippen LogP contribution in [0.2, 0.25) is 0 Å². The highest BCUT2D eigenvalue weighted by Gasteiger charge is 2.00. The molecule has 0 radical (unpaired) electrons. The van der Waals surface area contributed by atoms with Gasteiger partial charge in [0.15, 0.2) is 5.96 Å². The van der Waals surface area contributed by atoms with Crippen LogP contribution in [0.5, 0.6) is 0 Å². The van der Waals surface area contributed by atoms with Crippen molar-refractivity contribution in [2.75, 3.05) is 19.7 Å². The Morgan fingerprint density at radius 3 is 2.72 bits per heavy atom. The third kappa shape index (κ3) is 7.39. The quantitative estimate of drug-likeness (QED) is 0.395. The van der Waals surface area contributed by atoms with Gasteiger partial charge in [0, 0.05) is 32.9 Å². The van der Waals surface area contributed by atoms with E-state index in [2.05, 4.69) is 39.8 Å². The van der Waals surface area contributed by atoms with Gasteiger partial charge in [-0.1, -0.05) is 30.3 Å². The lowest BCUT2D eigenvalue weighted by Gasteiger charge is -2.11. The van der Waals surface area contributed by atoms with Crippen LogP contribution in [-0.4, -0.2) is 35.4 Å². The van der Waals surface area contributed by atoms with Gasteiger partial charge in [0.1, 0.15) is 0 Å². The molecule has 1 aromatic heterocycles. The first-order chi connectivity index (χ1) is 12.3. The molecule has 2 rings (SSSR count). The lowest BCUT2D eigenvalue weighted by Crippen LogP contribution is -2.37. The molecule has 0 fully saturated rings. The average molecular weight is 343 g/mol. The first-order valence-corrected chi connectivity index (χ1v) is 8.90. The van der Waals surface area contributed by atoms with Crippen LogP contribution in [-0.2, 0) is 24.9 Å². The van der Waals surface area contributed by atoms with Crippen molar-refractivity contribution in [2.45, 2.75) is 32.9 Å². The highest BCUT2D eigenvalue weighted by Crippen LogP contribution is 2.01. The molecule has 0 aliphatic carbocycles. The number of ether oxygens (including phenoxy) is 1. The summed E-state index contributed by atoms with van der Waals surface area (Å²) in [5.41, 5.74) is 2.31. The summed E-state index contributed by atoms with van der Waals surface area (Å²) in [7, 11) is 1.93. The number of hydrogen-bond acceptors (Lipinski definition) is 3. The minimum Gasteiger partial charge on any atom is -0.377 e. The van der Waals surface area contributed by atoms with Crippen molar-refractivity contribution in [3.8, 4) is 0 Å². The van der Waals surface area contributed by atoms with Gasteiger partial charge in [0.05, 0.1) is 18.8 Å². The summed E-state index contributed by atoms with van der Waals surface area (Å²) >= 11 is 0. The summed E-state index contributed by atoms with van der Waals surface area (Å²) in [6.07, 6.45) is 3.87. The van der Waals surface area contributed by atoms with Crippen LogP contribution in [0.1, 0.15) is 31.0 Å². The highest BCUT2D eigenvalue weighted by atomic mass is 16.5. The van der Waals surface area contributed by atoms with Gasteiger partial charge in [-0.3, -0.25) is 4.68 Å². The molecule has 0 amide bonds. The van der Waals surface area contributed by atoms with Gasteiger partial charge >= 0.3 is 0 Å². The van der Waals surface area contributed by atoms with E-state index >= 15 is 0 Å². The largest absolute Gasteiger partial charge is 0.377 e. The summed E-state index contributed by atoms with van der Waals surface area (Å²) in [6.45, 7) is 5.87. The van der Waals surface area contributed by atoms with Crippen LogP contribution in [0.4, 0.5) is 0 Å². The molecule has 6 nitrogen and oxygen atoms in total. The van der Waals surface area contributed by atoms with Gasteiger partial charge in [-0.15, -0.1) is 0 Å². The van der Waals surface area contributed by atoms with Crippen LogP contribution >= 0.6 is 0 Å². The molecular weight excluding hydrogens is 314 g/mol. The van der Waals surface area contributed by atoms with Gasteiger partial charge < -0.3 is 15.4 Å². The first-order valence-electron chi connectivity index (χ1n) is 8.90. The van der Waals surface area contributed by atoms with Crippen molar-refractivity contribution in [1.82, 2.24) is 20.4 Å². The predicted octanol–water partition coefficient (Wildman–Crippen LogP) is 2.47. The Morgan fingerprint density at radius 1 is 1.16 bits per heavy atom. The topological polar surface area (TPSA) is 63.5 Å². The van der Waals surface area contributed by atoms with E-state index in [1.54, 1.807) is 6.20 Å². The fourth-order valence-corrected chi connectivity index (χ4v) is 2.36. The number of benzene rings is 1. The first kappa shape index (κ1) is 19.0. The number of aryl methyl sites for hydroxylation is 1. The van der Waals surface area contributed by atoms with Gasteiger partial charge in [-0.05, 0) is 31.4 Å². The maximum Gasteiger partial charge on any atom is 0.191 e. The minimum absolute atomic E-state index is 0.617. The van der Waals surface area contributed by atoms with Crippen molar-refractivity contribution in [2.24, 2.45) is 12.0 Å². The maximum absolute atomic E-state index is 5.70. The summed E-state index contributed by atoms with van der Waals surface area (Å²) in [6, 6.07) is 12.3. The molecule has 0 spiro atoms. The molecule has 6 heteroatoms. The smallest absolute Gasteiger partial charge is 0.191 e. The molecule has 0 aliphatic heterocycles. The average Bonchev–Trinajstić information content (AvgIpc) is 3.04. The third-order valence-corrected chi connectivity index (χ3v) is 3.79. The Labute approximate surface area is 150 Å². The number of nitrogens with one attached hydrogen (secondary N) is 2. The fourth-order valence-electron chi connectivity index (χ4n) is 2.36. The zero-order valence-electron chi connectivity index (χ0n) is 15.2. The molecule has 2 aromatic rings. The lowest BCUT2D eigenvalue weighted by atomic mass is 10.2.